The molecule has 0 aliphatic heterocycles. The monoisotopic (exact) mass is 1230 g/mol. The normalized spacial score (nSPS) is 11.9. The maximum absolute atomic E-state index is 12.3. The molecule has 0 aliphatic rings. The van der Waals surface area contributed by atoms with Crippen LogP contribution in [0.25, 0.3) is 0 Å². The van der Waals surface area contributed by atoms with Gasteiger partial charge in [-0.2, -0.15) is 9.03 Å². The molecule has 37 heteroatoms. The van der Waals surface area contributed by atoms with Gasteiger partial charge < -0.3 is 55.3 Å². The number of benzene rings is 3. The minimum Gasteiger partial charge on any atom is -0.468 e. The van der Waals surface area contributed by atoms with Gasteiger partial charge >= 0.3 is 35.9 Å². The summed E-state index contributed by atoms with van der Waals surface area (Å²) in [5, 5.41) is 33.0. The number of halogens is 2. The highest BCUT2D eigenvalue weighted by Crippen LogP contribution is 2.19. The predicted molar refractivity (Wildman–Crippen MR) is 285 cm³/mol. The van der Waals surface area contributed by atoms with Gasteiger partial charge in [0.1, 0.15) is 25.2 Å². The molecule has 32 nitrogen and oxygen atoms in total. The van der Waals surface area contributed by atoms with E-state index in [9.17, 15) is 75.9 Å². The van der Waals surface area contributed by atoms with E-state index in [0.717, 1.165) is 74.8 Å². The fourth-order valence-electron chi connectivity index (χ4n) is 3.57. The summed E-state index contributed by atoms with van der Waals surface area (Å²) in [6.07, 6.45) is -1.08. The highest BCUT2D eigenvalue weighted by atomic mass is 35.5. The largest absolute Gasteiger partial charge is 0.468 e. The maximum atomic E-state index is 12.3. The first-order valence-electron chi connectivity index (χ1n) is 24.0. The van der Waals surface area contributed by atoms with Gasteiger partial charge in [0.25, 0.3) is 17.1 Å². The molecular formula is C41H66Cl2N8O24S3. The van der Waals surface area contributed by atoms with Gasteiger partial charge in [-0.1, -0.05) is 0 Å². The lowest BCUT2D eigenvalue weighted by Crippen LogP contribution is -2.37. The summed E-state index contributed by atoms with van der Waals surface area (Å²) in [7, 11) is -2.72. The number of rotatable bonds is 16. The van der Waals surface area contributed by atoms with Gasteiger partial charge in [-0.25, -0.2) is 21.6 Å². The number of methoxy groups -OCH3 is 5. The summed E-state index contributed by atoms with van der Waals surface area (Å²) in [6.45, 7) is -5.85. The first kappa shape index (κ1) is 65.4. The summed E-state index contributed by atoms with van der Waals surface area (Å²) in [4.78, 5) is 94.4. The molecule has 0 aliphatic carbocycles. The van der Waals surface area contributed by atoms with Crippen LogP contribution in [0.1, 0.15) is 33.1 Å². The van der Waals surface area contributed by atoms with Gasteiger partial charge in [-0.05, 0) is 64.1 Å². The number of hydrogen-bond acceptors (Lipinski definition) is 25. The molecule has 0 saturated carbocycles. The van der Waals surface area contributed by atoms with Crippen molar-refractivity contribution in [3.63, 3.8) is 0 Å². The molecule has 3 rings (SSSR count). The molecule has 0 heterocycles. The van der Waals surface area contributed by atoms with Crippen LogP contribution in [0.5, 0.6) is 0 Å². The lowest BCUT2D eigenvalue weighted by Gasteiger charge is -2.23. The standard InChI is InChI=1S/C10H12N2O6S.C9H10N2O6S.C9H17NO4.C6H5NO2S.C4H9NO2.C3H7NO2.2ClH.2H2O/c1-11(7-10(13)18-2)19(16,17)9-5-3-8(4-6-9)12(14)15;1-17-9(12)6-10-18(15,16)8-4-2-7(3-5-8)11(13)14;1-9(2,3)14-8(12)10(4)6-7(11)13-5;8-7(9)5-1-3-6(10)4-2-5;1-5-3-4(6)7-2;1-6-3(5)2-4;;;;/h3-6H,7H2,1-2H3;2-5,10H,6H2,1H3;6H2,1-5H3;1-4,10H;5H,3H2,1-2H3;2,4H2,1H3;2*1H;2*1H2/i1D3;;4D3;;1D3;;;;;. The zero-order valence-electron chi connectivity index (χ0n) is 51.3. The highest BCUT2D eigenvalue weighted by Gasteiger charge is 2.24. The van der Waals surface area contributed by atoms with Crippen LogP contribution in [0.3, 0.4) is 0 Å². The zero-order valence-corrected chi connectivity index (χ0v) is 46.5. The second kappa shape index (κ2) is 44.1. The number of nitrogens with one attached hydrogen (secondary N) is 2. The number of carbonyl (C=O) groups is 6. The fourth-order valence-corrected chi connectivity index (χ4v) is 5.70. The quantitative estimate of drug-likeness (QED) is 0.0511. The van der Waals surface area contributed by atoms with Crippen molar-refractivity contribution in [1.29, 1.82) is 0 Å². The van der Waals surface area contributed by atoms with Crippen LogP contribution in [-0.4, -0.2) is 183 Å². The van der Waals surface area contributed by atoms with E-state index in [0.29, 0.717) is 4.90 Å². The molecule has 78 heavy (non-hydrogen) atoms. The van der Waals surface area contributed by atoms with Gasteiger partial charge in [0.2, 0.25) is 20.0 Å². The van der Waals surface area contributed by atoms with E-state index in [1.165, 1.54) is 26.4 Å². The Hall–Kier alpha value is -6.93. The van der Waals surface area contributed by atoms with Gasteiger partial charge in [-0.15, -0.1) is 37.4 Å². The van der Waals surface area contributed by atoms with E-state index in [1.54, 1.807) is 32.9 Å². The molecular weight excluding hydrogens is 1160 g/mol. The van der Waals surface area contributed by atoms with Crippen molar-refractivity contribution in [2.24, 2.45) is 5.73 Å². The Morgan fingerprint density at radius 2 is 0.987 bits per heavy atom. The molecule has 0 unspecified atom stereocenters. The van der Waals surface area contributed by atoms with Crippen molar-refractivity contribution < 1.29 is 112 Å². The number of carbonyl (C=O) groups excluding carboxylic acids is 6. The molecule has 0 atom stereocenters. The molecule has 0 spiro atoms. The molecule has 8 N–H and O–H groups in total. The molecule has 0 radical (unpaired) electrons. The average Bonchev–Trinajstić information content (AvgIpc) is 2.58. The second-order valence-corrected chi connectivity index (χ2v) is 17.8. The van der Waals surface area contributed by atoms with E-state index in [1.807, 2.05) is 10.0 Å². The third kappa shape index (κ3) is 38.6. The molecule has 1 amide bonds. The Kier molecular flexibility index (Phi) is 36.9. The first-order chi connectivity index (χ1) is 37.8. The SMILES string of the molecule is COC(=O)CN.COC(=O)CNS(=O)(=O)c1ccc([N+](=O)[O-])cc1.Cl.Cl.O.O.O=[N+]([O-])c1ccc(S)cc1.[2H]C([2H])([2H])N(CC(=O)OC)C(=O)OC(C)(C)C.[2H]C([2H])([2H])N(CC(=O)OC)S(=O)(=O)c1ccc([N+](=O)[O-])cc1.[2H]C([2H])([2H])NCC(=O)OC. The third-order valence-electron chi connectivity index (χ3n) is 7.17. The molecule has 0 saturated heterocycles. The van der Waals surface area contributed by atoms with E-state index >= 15 is 0 Å². The number of hydrogen-bond donors (Lipinski definition) is 4. The molecule has 3 aromatic carbocycles. The van der Waals surface area contributed by atoms with Crippen LogP contribution in [0.15, 0.2) is 87.5 Å². The summed E-state index contributed by atoms with van der Waals surface area (Å²) in [6, 6.07) is 13.9. The summed E-state index contributed by atoms with van der Waals surface area (Å²) in [5.74, 6) is -3.58. The number of nitrogens with two attached hydrogens (primary N) is 1. The average molecular weight is 1230 g/mol. The smallest absolute Gasteiger partial charge is 0.410 e. The van der Waals surface area contributed by atoms with E-state index in [2.05, 4.69) is 36.3 Å². The van der Waals surface area contributed by atoms with Gasteiger partial charge in [-0.3, -0.25) is 54.3 Å². The Morgan fingerprint density at radius 3 is 1.31 bits per heavy atom. The van der Waals surface area contributed by atoms with Crippen LogP contribution in [0.4, 0.5) is 21.9 Å². The van der Waals surface area contributed by atoms with Crippen LogP contribution >= 0.6 is 37.4 Å². The Labute approximate surface area is 479 Å². The summed E-state index contributed by atoms with van der Waals surface area (Å²) < 4.78 is 139. The second-order valence-electron chi connectivity index (χ2n) is 13.6. The number of amides is 1. The van der Waals surface area contributed by atoms with Crippen molar-refractivity contribution in [3.05, 3.63) is 103 Å². The number of thiol groups is 1. The number of ether oxygens (including phenoxy) is 6. The van der Waals surface area contributed by atoms with Crippen LogP contribution in [-0.2, 0) is 72.4 Å². The number of esters is 5. The minimum atomic E-state index is -4.56. The van der Waals surface area contributed by atoms with Crippen LogP contribution in [0, 0.1) is 30.3 Å². The highest BCUT2D eigenvalue weighted by molar-refractivity contribution is 7.89. The number of sulfonamides is 2. The van der Waals surface area contributed by atoms with Crippen molar-refractivity contribution >= 4 is 110 Å². The lowest BCUT2D eigenvalue weighted by atomic mass is 10.2. The Morgan fingerprint density at radius 1 is 0.615 bits per heavy atom. The number of likely N-dealkylation sites (N-methyl/N-ethyl adjacent to an activating group) is 3. The topological polar surface area (TPSA) is 475 Å². The van der Waals surface area contributed by atoms with E-state index in [-0.39, 0.29) is 81.1 Å². The van der Waals surface area contributed by atoms with E-state index < -0.39 is 116 Å². The van der Waals surface area contributed by atoms with Crippen molar-refractivity contribution in [1.82, 2.24) is 19.2 Å². The summed E-state index contributed by atoms with van der Waals surface area (Å²) in [5.41, 5.74) is 3.49. The molecule has 0 aromatic heterocycles. The number of nitrogens with zero attached hydrogens (tertiary/aromatic N) is 5. The Balaban J connectivity index is -0.000000182. The predicted octanol–water partition coefficient (Wildman–Crippen LogP) is 1.04. The third-order valence-corrected chi connectivity index (χ3v) is 10.5. The molecule has 446 valence electrons. The van der Waals surface area contributed by atoms with Crippen LogP contribution in [0.2, 0.25) is 0 Å². The maximum Gasteiger partial charge on any atom is 0.410 e. The van der Waals surface area contributed by atoms with Gasteiger partial charge in [0, 0.05) is 67.6 Å². The van der Waals surface area contributed by atoms with Gasteiger partial charge in [0.05, 0.1) is 73.2 Å². The molecule has 0 fully saturated rings. The Bertz CT molecular complexity index is 2860. The van der Waals surface area contributed by atoms with Gasteiger partial charge in [0.15, 0.2) is 0 Å². The van der Waals surface area contributed by atoms with E-state index in [4.69, 9.17) is 22.8 Å². The zero-order chi connectivity index (χ0) is 65.5. The number of nitro groups is 3. The van der Waals surface area contributed by atoms with Crippen molar-refractivity contribution in [2.45, 2.75) is 41.1 Å². The first-order valence-corrected chi connectivity index (χ1v) is 22.9. The minimum absolute atomic E-state index is 0. The van der Waals surface area contributed by atoms with Crippen LogP contribution < -0.4 is 15.8 Å². The molecule has 3 aromatic rings. The van der Waals surface area contributed by atoms with Crippen molar-refractivity contribution in [3.8, 4) is 0 Å². The number of nitro benzene ring substituents is 3. The fraction of sp³-hybridized carbons (Fsp3) is 0.415. The lowest BCUT2D eigenvalue weighted by molar-refractivity contribution is -0.385. The summed E-state index contributed by atoms with van der Waals surface area (Å²) >= 11 is 3.98. The molecule has 0 bridgehead atoms. The number of non-ortho nitro benzene ring substituents is 3. The van der Waals surface area contributed by atoms with Crippen molar-refractivity contribution in [2.75, 3.05) is 89.2 Å².